The minimum Gasteiger partial charge on any atom is -0.339 e. The van der Waals surface area contributed by atoms with Crippen LogP contribution in [0.4, 0.5) is 5.69 Å². The molecule has 7 nitrogen and oxygen atoms in total. The van der Waals surface area contributed by atoms with Gasteiger partial charge in [0.05, 0.1) is 10.8 Å². The van der Waals surface area contributed by atoms with Crippen LogP contribution >= 0.6 is 11.6 Å². The zero-order valence-corrected chi connectivity index (χ0v) is 19.2. The van der Waals surface area contributed by atoms with Crippen LogP contribution in [0.25, 0.3) is 0 Å². The van der Waals surface area contributed by atoms with E-state index in [0.29, 0.717) is 35.7 Å². The first-order valence-corrected chi connectivity index (χ1v) is 12.6. The number of halogens is 1. The average Bonchev–Trinajstić information content (AvgIpc) is 3.34. The lowest BCUT2D eigenvalue weighted by Gasteiger charge is -2.31. The maximum absolute atomic E-state index is 13.0. The van der Waals surface area contributed by atoms with E-state index in [9.17, 15) is 18.0 Å². The third kappa shape index (κ3) is 4.98. The molecule has 2 heterocycles. The Morgan fingerprint density at radius 2 is 1.56 bits per heavy atom. The van der Waals surface area contributed by atoms with Crippen LogP contribution in [-0.4, -0.2) is 55.6 Å². The molecule has 1 atom stereocenters. The number of carbonyl (C=O) groups excluding carboxylic acids is 2. The second-order valence-corrected chi connectivity index (χ2v) is 10.6. The Labute approximate surface area is 193 Å². The first-order valence-electron chi connectivity index (χ1n) is 10.8. The number of carbonyl (C=O) groups is 2. The highest BCUT2D eigenvalue weighted by Gasteiger charge is 2.33. The highest BCUT2D eigenvalue weighted by molar-refractivity contribution is 7.89. The quantitative estimate of drug-likeness (QED) is 0.715. The van der Waals surface area contributed by atoms with Gasteiger partial charge in [0.1, 0.15) is 0 Å². The molecule has 2 fully saturated rings. The van der Waals surface area contributed by atoms with Crippen molar-refractivity contribution in [2.45, 2.75) is 30.6 Å². The van der Waals surface area contributed by atoms with E-state index >= 15 is 0 Å². The van der Waals surface area contributed by atoms with Crippen molar-refractivity contribution in [2.75, 3.05) is 31.5 Å². The van der Waals surface area contributed by atoms with Gasteiger partial charge in [-0.2, -0.15) is 4.31 Å². The van der Waals surface area contributed by atoms with Gasteiger partial charge in [-0.3, -0.25) is 9.59 Å². The number of benzene rings is 2. The topological polar surface area (TPSA) is 86.8 Å². The lowest BCUT2D eigenvalue weighted by Crippen LogP contribution is -2.43. The monoisotopic (exact) mass is 475 g/mol. The molecule has 170 valence electrons. The number of likely N-dealkylation sites (tertiary alicyclic amines) is 1. The van der Waals surface area contributed by atoms with Crippen molar-refractivity contribution in [3.8, 4) is 0 Å². The summed E-state index contributed by atoms with van der Waals surface area (Å²) in [5, 5.41) is 3.33. The molecule has 0 aliphatic carbocycles. The van der Waals surface area contributed by atoms with Gasteiger partial charge in [-0.05, 0) is 74.2 Å². The number of anilines is 1. The first-order chi connectivity index (χ1) is 15.3. The van der Waals surface area contributed by atoms with Crippen LogP contribution in [0, 0.1) is 5.92 Å². The van der Waals surface area contributed by atoms with Crippen LogP contribution in [0.5, 0.6) is 0 Å². The van der Waals surface area contributed by atoms with Gasteiger partial charge in [0.25, 0.3) is 5.91 Å². The smallest absolute Gasteiger partial charge is 0.253 e. The number of piperidine rings is 1. The Morgan fingerprint density at radius 3 is 2.22 bits per heavy atom. The van der Waals surface area contributed by atoms with Crippen LogP contribution in [0.2, 0.25) is 5.02 Å². The predicted molar refractivity (Wildman–Crippen MR) is 123 cm³/mol. The van der Waals surface area contributed by atoms with Crippen molar-refractivity contribution >= 4 is 39.1 Å². The highest BCUT2D eigenvalue weighted by Crippen LogP contribution is 2.26. The molecule has 0 aromatic heterocycles. The van der Waals surface area contributed by atoms with Crippen LogP contribution in [-0.2, 0) is 14.8 Å². The van der Waals surface area contributed by atoms with Crippen molar-refractivity contribution in [1.82, 2.24) is 9.21 Å². The van der Waals surface area contributed by atoms with Gasteiger partial charge < -0.3 is 10.2 Å². The van der Waals surface area contributed by atoms with E-state index in [1.165, 1.54) is 16.4 Å². The lowest BCUT2D eigenvalue weighted by atomic mass is 9.98. The summed E-state index contributed by atoms with van der Waals surface area (Å²) in [6.07, 6.45) is 3.29. The average molecular weight is 476 g/mol. The van der Waals surface area contributed by atoms with Crippen molar-refractivity contribution in [1.29, 1.82) is 0 Å². The molecular weight excluding hydrogens is 450 g/mol. The van der Waals surface area contributed by atoms with E-state index < -0.39 is 15.9 Å². The van der Waals surface area contributed by atoms with Crippen LogP contribution in [0.15, 0.2) is 53.4 Å². The summed E-state index contributed by atoms with van der Waals surface area (Å²) in [6.45, 7) is 2.08. The Kier molecular flexibility index (Phi) is 6.83. The van der Waals surface area contributed by atoms with E-state index in [1.54, 1.807) is 36.4 Å². The summed E-state index contributed by atoms with van der Waals surface area (Å²) in [4.78, 5) is 27.3. The molecule has 9 heteroatoms. The van der Waals surface area contributed by atoms with Crippen molar-refractivity contribution in [3.05, 3.63) is 59.1 Å². The van der Waals surface area contributed by atoms with E-state index in [4.69, 9.17) is 11.6 Å². The summed E-state index contributed by atoms with van der Waals surface area (Å²) < 4.78 is 27.3. The van der Waals surface area contributed by atoms with Crippen molar-refractivity contribution in [3.63, 3.8) is 0 Å². The molecule has 32 heavy (non-hydrogen) atoms. The third-order valence-corrected chi connectivity index (χ3v) is 8.13. The van der Waals surface area contributed by atoms with Gasteiger partial charge in [0.15, 0.2) is 0 Å². The molecule has 2 amide bonds. The normalized spacial score (nSPS) is 19.7. The zero-order chi connectivity index (χ0) is 22.7. The second kappa shape index (κ2) is 9.60. The molecule has 0 saturated carbocycles. The fourth-order valence-electron chi connectivity index (χ4n) is 4.17. The van der Waals surface area contributed by atoms with Gasteiger partial charge in [-0.25, -0.2) is 8.42 Å². The molecule has 4 rings (SSSR count). The van der Waals surface area contributed by atoms with Gasteiger partial charge >= 0.3 is 0 Å². The molecule has 2 aliphatic rings. The Balaban J connectivity index is 1.39. The summed E-state index contributed by atoms with van der Waals surface area (Å²) >= 11 is 5.87. The standard InChI is InChI=1S/C23H26ClN3O4S/c24-19-7-11-21(12-8-19)32(30,31)27-15-3-4-18(16-27)22(28)25-20-9-5-17(6-10-20)23(29)26-13-1-2-14-26/h5-12,18H,1-4,13-16H2,(H,25,28). The minimum atomic E-state index is -3.69. The summed E-state index contributed by atoms with van der Waals surface area (Å²) in [6, 6.07) is 12.9. The molecule has 0 radical (unpaired) electrons. The fraction of sp³-hybridized carbons (Fsp3) is 0.391. The SMILES string of the molecule is O=C(Nc1ccc(C(=O)N2CCCC2)cc1)C1CCCN(S(=O)(=O)c2ccc(Cl)cc2)C1. The molecule has 1 unspecified atom stereocenters. The van der Waals surface area contributed by atoms with Crippen LogP contribution in [0.1, 0.15) is 36.0 Å². The number of nitrogens with zero attached hydrogens (tertiary/aromatic N) is 2. The van der Waals surface area contributed by atoms with Gasteiger partial charge in [-0.1, -0.05) is 11.6 Å². The molecular formula is C23H26ClN3O4S. The molecule has 2 aliphatic heterocycles. The Hall–Kier alpha value is -2.42. The van der Waals surface area contributed by atoms with Crippen LogP contribution < -0.4 is 5.32 Å². The largest absolute Gasteiger partial charge is 0.339 e. The Bertz CT molecular complexity index is 1080. The summed E-state index contributed by atoms with van der Waals surface area (Å²) in [5.74, 6) is -0.660. The predicted octanol–water partition coefficient (Wildman–Crippen LogP) is 3.62. The number of rotatable bonds is 5. The number of hydrogen-bond acceptors (Lipinski definition) is 4. The van der Waals surface area contributed by atoms with Gasteiger partial charge in [0, 0.05) is 42.5 Å². The molecule has 0 spiro atoms. The second-order valence-electron chi connectivity index (χ2n) is 8.22. The molecule has 0 bridgehead atoms. The maximum Gasteiger partial charge on any atom is 0.253 e. The number of amides is 2. The van der Waals surface area contributed by atoms with Crippen LogP contribution in [0.3, 0.4) is 0 Å². The first kappa shape index (κ1) is 22.8. The molecule has 2 aromatic rings. The number of nitrogens with one attached hydrogen (secondary N) is 1. The van der Waals surface area contributed by atoms with E-state index in [0.717, 1.165) is 25.9 Å². The van der Waals surface area contributed by atoms with Crippen molar-refractivity contribution < 1.29 is 18.0 Å². The Morgan fingerprint density at radius 1 is 0.906 bits per heavy atom. The lowest BCUT2D eigenvalue weighted by molar-refractivity contribution is -0.120. The highest BCUT2D eigenvalue weighted by atomic mass is 35.5. The minimum absolute atomic E-state index is 0.00991. The van der Waals surface area contributed by atoms with E-state index in [-0.39, 0.29) is 23.3 Å². The fourth-order valence-corrected chi connectivity index (χ4v) is 5.82. The van der Waals surface area contributed by atoms with Gasteiger partial charge in [-0.15, -0.1) is 0 Å². The van der Waals surface area contributed by atoms with Crippen molar-refractivity contribution in [2.24, 2.45) is 5.92 Å². The third-order valence-electron chi connectivity index (χ3n) is 6.00. The molecule has 2 saturated heterocycles. The molecule has 1 N–H and O–H groups in total. The van der Waals surface area contributed by atoms with Gasteiger partial charge in [0.2, 0.25) is 15.9 Å². The van der Waals surface area contributed by atoms with E-state index in [2.05, 4.69) is 5.32 Å². The van der Waals surface area contributed by atoms with E-state index in [1.807, 2.05) is 4.90 Å². The summed E-state index contributed by atoms with van der Waals surface area (Å²) in [5.41, 5.74) is 1.19. The molecule has 2 aromatic carbocycles. The number of hydrogen-bond donors (Lipinski definition) is 1. The number of sulfonamides is 1. The maximum atomic E-state index is 13.0. The zero-order valence-electron chi connectivity index (χ0n) is 17.7. The summed E-state index contributed by atoms with van der Waals surface area (Å²) in [7, 11) is -3.69.